The number of nitrogen functional groups attached to an aromatic ring is 1. The molecule has 0 bridgehead atoms. The van der Waals surface area contributed by atoms with Gasteiger partial charge in [-0.25, -0.2) is 0 Å². The molecular weight excluding hydrogens is 306 g/mol. The van der Waals surface area contributed by atoms with Gasteiger partial charge in [-0.3, -0.25) is 4.79 Å². The third kappa shape index (κ3) is 3.68. The van der Waals surface area contributed by atoms with E-state index in [1.807, 2.05) is 6.07 Å². The summed E-state index contributed by atoms with van der Waals surface area (Å²) in [5.74, 6) is 1.56. The smallest absolute Gasteiger partial charge is 0.192 e. The molecular formula is C19H21NO4. The Morgan fingerprint density at radius 1 is 0.958 bits per heavy atom. The fourth-order valence-electron chi connectivity index (χ4n) is 2.36. The fraction of sp³-hybridized carbons (Fsp3) is 0.211. The Labute approximate surface area is 141 Å². The summed E-state index contributed by atoms with van der Waals surface area (Å²) < 4.78 is 15.6. The van der Waals surface area contributed by atoms with E-state index in [2.05, 4.69) is 0 Å². The first-order valence-electron chi connectivity index (χ1n) is 7.38. The van der Waals surface area contributed by atoms with Gasteiger partial charge >= 0.3 is 0 Å². The Morgan fingerprint density at radius 2 is 1.62 bits per heavy atom. The molecule has 24 heavy (non-hydrogen) atoms. The number of hydrogen-bond acceptors (Lipinski definition) is 5. The maximum absolute atomic E-state index is 12.7. The summed E-state index contributed by atoms with van der Waals surface area (Å²) in [4.78, 5) is 12.7. The first kappa shape index (κ1) is 17.4. The molecule has 5 heteroatoms. The number of Topliss-reactive ketones (excluding diaryl/α,β-unsaturated/α-hetero) is 1. The minimum Gasteiger partial charge on any atom is -0.497 e. The Balaban J connectivity index is 2.37. The van der Waals surface area contributed by atoms with Crippen LogP contribution in [0.1, 0.15) is 22.8 Å². The van der Waals surface area contributed by atoms with E-state index in [0.717, 1.165) is 5.56 Å². The van der Waals surface area contributed by atoms with Crippen LogP contribution in [0.15, 0.2) is 42.0 Å². The van der Waals surface area contributed by atoms with Crippen LogP contribution in [0.5, 0.6) is 17.2 Å². The van der Waals surface area contributed by atoms with Crippen LogP contribution in [-0.4, -0.2) is 27.1 Å². The van der Waals surface area contributed by atoms with Crippen LogP contribution >= 0.6 is 0 Å². The SMILES string of the molecule is COc1ccc(OC)c(C(=O)C(C)=Cc2ccc(OC)c(N)c2)c1. The average molecular weight is 327 g/mol. The quantitative estimate of drug-likeness (QED) is 0.499. The zero-order valence-electron chi connectivity index (χ0n) is 14.3. The number of ketones is 1. The van der Waals surface area contributed by atoms with E-state index < -0.39 is 0 Å². The number of hydrogen-bond donors (Lipinski definition) is 1. The van der Waals surface area contributed by atoms with Gasteiger partial charge in [0.2, 0.25) is 0 Å². The largest absolute Gasteiger partial charge is 0.497 e. The summed E-state index contributed by atoms with van der Waals surface area (Å²) in [7, 11) is 4.64. The van der Waals surface area contributed by atoms with Crippen LogP contribution in [0, 0.1) is 0 Å². The van der Waals surface area contributed by atoms with Gasteiger partial charge in [-0.05, 0) is 54.5 Å². The topological polar surface area (TPSA) is 70.8 Å². The molecule has 126 valence electrons. The predicted molar refractivity (Wildman–Crippen MR) is 94.9 cm³/mol. The van der Waals surface area contributed by atoms with Gasteiger partial charge in [0.1, 0.15) is 17.2 Å². The lowest BCUT2D eigenvalue weighted by Gasteiger charge is -2.10. The van der Waals surface area contributed by atoms with Crippen molar-refractivity contribution in [3.63, 3.8) is 0 Å². The van der Waals surface area contributed by atoms with Crippen LogP contribution < -0.4 is 19.9 Å². The van der Waals surface area contributed by atoms with Crippen molar-refractivity contribution in [2.45, 2.75) is 6.92 Å². The third-order valence-corrected chi connectivity index (χ3v) is 3.65. The highest BCUT2D eigenvalue weighted by Crippen LogP contribution is 2.28. The molecule has 2 aromatic carbocycles. The lowest BCUT2D eigenvalue weighted by atomic mass is 10.0. The molecule has 0 aliphatic rings. The number of carbonyl (C=O) groups is 1. The van der Waals surface area contributed by atoms with Crippen molar-refractivity contribution < 1.29 is 19.0 Å². The van der Waals surface area contributed by atoms with Crippen LogP contribution in [0.4, 0.5) is 5.69 Å². The Bertz CT molecular complexity index is 781. The fourth-order valence-corrected chi connectivity index (χ4v) is 2.36. The molecule has 0 atom stereocenters. The summed E-state index contributed by atoms with van der Waals surface area (Å²) in [6, 6.07) is 10.5. The van der Waals surface area contributed by atoms with E-state index in [0.29, 0.717) is 34.1 Å². The van der Waals surface area contributed by atoms with Gasteiger partial charge in [-0.15, -0.1) is 0 Å². The predicted octanol–water partition coefficient (Wildman–Crippen LogP) is 3.58. The molecule has 0 saturated carbocycles. The van der Waals surface area contributed by atoms with Gasteiger partial charge in [-0.2, -0.15) is 0 Å². The van der Waals surface area contributed by atoms with Crippen molar-refractivity contribution in [1.29, 1.82) is 0 Å². The van der Waals surface area contributed by atoms with Crippen molar-refractivity contribution in [2.75, 3.05) is 27.1 Å². The molecule has 0 unspecified atom stereocenters. The molecule has 2 N–H and O–H groups in total. The van der Waals surface area contributed by atoms with Crippen LogP contribution in [-0.2, 0) is 0 Å². The first-order chi connectivity index (χ1) is 11.5. The van der Waals surface area contributed by atoms with E-state index in [1.165, 1.54) is 7.11 Å². The van der Waals surface area contributed by atoms with E-state index in [-0.39, 0.29) is 5.78 Å². The van der Waals surface area contributed by atoms with Gasteiger partial charge in [0.25, 0.3) is 0 Å². The van der Waals surface area contributed by atoms with Gasteiger partial charge in [0.05, 0.1) is 32.6 Å². The zero-order valence-corrected chi connectivity index (χ0v) is 14.3. The molecule has 2 aromatic rings. The Morgan fingerprint density at radius 3 is 2.21 bits per heavy atom. The molecule has 5 nitrogen and oxygen atoms in total. The summed E-state index contributed by atoms with van der Waals surface area (Å²) in [6.45, 7) is 1.75. The first-order valence-corrected chi connectivity index (χ1v) is 7.38. The number of benzene rings is 2. The van der Waals surface area contributed by atoms with E-state index >= 15 is 0 Å². The van der Waals surface area contributed by atoms with Crippen molar-refractivity contribution in [1.82, 2.24) is 0 Å². The van der Waals surface area contributed by atoms with Crippen molar-refractivity contribution in [3.05, 3.63) is 53.1 Å². The molecule has 0 saturated heterocycles. The highest BCUT2D eigenvalue weighted by Gasteiger charge is 2.15. The molecule has 2 rings (SSSR count). The summed E-state index contributed by atoms with van der Waals surface area (Å²) in [5.41, 5.74) is 8.25. The minimum atomic E-state index is -0.139. The molecule has 0 aliphatic carbocycles. The molecule has 0 radical (unpaired) electrons. The second kappa shape index (κ2) is 7.55. The number of carbonyl (C=O) groups excluding carboxylic acids is 1. The molecule has 0 fully saturated rings. The maximum Gasteiger partial charge on any atom is 0.192 e. The van der Waals surface area contributed by atoms with Crippen molar-refractivity contribution in [2.24, 2.45) is 0 Å². The second-order valence-electron chi connectivity index (χ2n) is 5.22. The number of rotatable bonds is 6. The number of allylic oxidation sites excluding steroid dienone is 1. The van der Waals surface area contributed by atoms with E-state index in [4.69, 9.17) is 19.9 Å². The highest BCUT2D eigenvalue weighted by molar-refractivity contribution is 6.12. The van der Waals surface area contributed by atoms with Gasteiger partial charge in [-0.1, -0.05) is 6.07 Å². The summed E-state index contributed by atoms with van der Waals surface area (Å²) in [6.07, 6.45) is 1.77. The zero-order chi connectivity index (χ0) is 17.7. The van der Waals surface area contributed by atoms with Gasteiger partial charge < -0.3 is 19.9 Å². The number of nitrogens with two attached hydrogens (primary N) is 1. The van der Waals surface area contributed by atoms with E-state index in [9.17, 15) is 4.79 Å². The number of methoxy groups -OCH3 is 3. The molecule has 0 aromatic heterocycles. The van der Waals surface area contributed by atoms with E-state index in [1.54, 1.807) is 57.6 Å². The molecule has 0 heterocycles. The van der Waals surface area contributed by atoms with Crippen molar-refractivity contribution >= 4 is 17.5 Å². The Kier molecular flexibility index (Phi) is 5.47. The summed E-state index contributed by atoms with van der Waals surface area (Å²) in [5, 5.41) is 0. The van der Waals surface area contributed by atoms with Gasteiger partial charge in [0.15, 0.2) is 5.78 Å². The molecule has 0 spiro atoms. The van der Waals surface area contributed by atoms with Gasteiger partial charge in [0, 0.05) is 0 Å². The van der Waals surface area contributed by atoms with Crippen molar-refractivity contribution in [3.8, 4) is 17.2 Å². The average Bonchev–Trinajstić information content (AvgIpc) is 2.60. The normalized spacial score (nSPS) is 11.1. The third-order valence-electron chi connectivity index (χ3n) is 3.65. The second-order valence-corrected chi connectivity index (χ2v) is 5.22. The summed E-state index contributed by atoms with van der Waals surface area (Å²) >= 11 is 0. The van der Waals surface area contributed by atoms with Crippen LogP contribution in [0.25, 0.3) is 6.08 Å². The minimum absolute atomic E-state index is 0.139. The molecule has 0 amide bonds. The standard InChI is InChI=1S/C19H21NO4/c1-12(9-13-5-7-18(24-4)16(20)10-13)19(21)15-11-14(22-2)6-8-17(15)23-3/h5-11H,20H2,1-4H3. The van der Waals surface area contributed by atoms with Crippen LogP contribution in [0.2, 0.25) is 0 Å². The lowest BCUT2D eigenvalue weighted by Crippen LogP contribution is -2.04. The molecule has 0 aliphatic heterocycles. The number of ether oxygens (including phenoxy) is 3. The number of anilines is 1. The lowest BCUT2D eigenvalue weighted by molar-refractivity contribution is 0.103. The maximum atomic E-state index is 12.7. The van der Waals surface area contributed by atoms with Crippen LogP contribution in [0.3, 0.4) is 0 Å². The monoisotopic (exact) mass is 327 g/mol. The Hall–Kier alpha value is -2.95. The highest BCUT2D eigenvalue weighted by atomic mass is 16.5.